The molecular weight excluding hydrogens is 430 g/mol. The van der Waals surface area contributed by atoms with E-state index in [1.54, 1.807) is 0 Å². The molecule has 0 aliphatic carbocycles. The molecule has 0 saturated carbocycles. The van der Waals surface area contributed by atoms with Crippen molar-refractivity contribution < 1.29 is 4.42 Å². The van der Waals surface area contributed by atoms with E-state index in [-0.39, 0.29) is 0 Å². The molecule has 0 aliphatic rings. The molecule has 0 bridgehead atoms. The van der Waals surface area contributed by atoms with E-state index in [0.717, 1.165) is 50.0 Å². The van der Waals surface area contributed by atoms with Crippen molar-refractivity contribution in [1.82, 2.24) is 14.0 Å². The predicted molar refractivity (Wildman–Crippen MR) is 142 cm³/mol. The number of imidazole rings is 1. The summed E-state index contributed by atoms with van der Waals surface area (Å²) in [5, 5.41) is 4.75. The second-order valence-corrected chi connectivity index (χ2v) is 8.96. The van der Waals surface area contributed by atoms with Crippen LogP contribution in [0.3, 0.4) is 0 Å². The minimum atomic E-state index is 0.902. The van der Waals surface area contributed by atoms with E-state index < -0.39 is 0 Å². The molecule has 8 rings (SSSR count). The Morgan fingerprint density at radius 1 is 0.600 bits per heavy atom. The second kappa shape index (κ2) is 6.84. The highest BCUT2D eigenvalue weighted by atomic mass is 16.3. The molecule has 8 aromatic rings. The van der Waals surface area contributed by atoms with Gasteiger partial charge >= 0.3 is 0 Å². The zero-order chi connectivity index (χ0) is 22.9. The van der Waals surface area contributed by atoms with Gasteiger partial charge in [0, 0.05) is 51.3 Å². The molecule has 0 atom stereocenters. The van der Waals surface area contributed by atoms with Gasteiger partial charge in [-0.1, -0.05) is 54.6 Å². The van der Waals surface area contributed by atoms with Gasteiger partial charge in [0.15, 0.2) is 0 Å². The first kappa shape index (κ1) is 18.6. The Kier molecular flexibility index (Phi) is 3.63. The molecule has 0 unspecified atom stereocenters. The normalized spacial score (nSPS) is 12.0. The molecule has 0 saturated heterocycles. The van der Waals surface area contributed by atoms with Crippen LogP contribution in [0.1, 0.15) is 0 Å². The van der Waals surface area contributed by atoms with E-state index in [1.165, 1.54) is 16.3 Å². The lowest BCUT2D eigenvalue weighted by atomic mass is 10.1. The van der Waals surface area contributed by atoms with Crippen LogP contribution in [0, 0.1) is 0 Å². The van der Waals surface area contributed by atoms with Crippen molar-refractivity contribution in [2.75, 3.05) is 0 Å². The number of benzene rings is 4. The Bertz CT molecular complexity index is 2040. The summed E-state index contributed by atoms with van der Waals surface area (Å²) in [6.07, 6.45) is 4.11. The summed E-state index contributed by atoms with van der Waals surface area (Å²) in [4.78, 5) is 4.83. The lowest BCUT2D eigenvalue weighted by Crippen LogP contribution is -1.94. The minimum Gasteiger partial charge on any atom is -0.456 e. The predicted octanol–water partition coefficient (Wildman–Crippen LogP) is 8.00. The summed E-state index contributed by atoms with van der Waals surface area (Å²) in [5.74, 6) is 0. The average Bonchev–Trinajstić information content (AvgIpc) is 3.59. The van der Waals surface area contributed by atoms with Crippen molar-refractivity contribution in [3.05, 3.63) is 116 Å². The lowest BCUT2D eigenvalue weighted by molar-refractivity contribution is 0.669. The largest absolute Gasteiger partial charge is 0.456 e. The highest BCUT2D eigenvalue weighted by Crippen LogP contribution is 2.38. The summed E-state index contributed by atoms with van der Waals surface area (Å²) < 4.78 is 10.6. The van der Waals surface area contributed by atoms with Gasteiger partial charge in [0.2, 0.25) is 0 Å². The fraction of sp³-hybridized carbons (Fsp3) is 0. The number of hydrogen-bond acceptors (Lipinski definition) is 2. The molecule has 0 radical (unpaired) electrons. The Balaban J connectivity index is 1.42. The van der Waals surface area contributed by atoms with Crippen LogP contribution in [0.4, 0.5) is 0 Å². The summed E-state index contributed by atoms with van der Waals surface area (Å²) in [5.41, 5.74) is 8.20. The Morgan fingerprint density at radius 2 is 1.46 bits per heavy atom. The SMILES string of the molecule is c1cc(-c2cn3ccccc3n2)cc(-n2c3ccccc3c3cc4c(cc32)oc2ccccc24)c1. The van der Waals surface area contributed by atoms with Crippen molar-refractivity contribution >= 4 is 49.4 Å². The zero-order valence-electron chi connectivity index (χ0n) is 18.7. The molecule has 0 fully saturated rings. The van der Waals surface area contributed by atoms with E-state index in [4.69, 9.17) is 9.40 Å². The van der Waals surface area contributed by atoms with Crippen LogP contribution in [-0.4, -0.2) is 14.0 Å². The maximum atomic E-state index is 6.25. The first-order valence-electron chi connectivity index (χ1n) is 11.7. The van der Waals surface area contributed by atoms with E-state index in [0.29, 0.717) is 0 Å². The Hall–Kier alpha value is -4.83. The molecule has 0 N–H and O–H groups in total. The summed E-state index contributed by atoms with van der Waals surface area (Å²) in [6.45, 7) is 0. The van der Waals surface area contributed by atoms with Crippen molar-refractivity contribution in [3.63, 3.8) is 0 Å². The molecule has 35 heavy (non-hydrogen) atoms. The van der Waals surface area contributed by atoms with Gasteiger partial charge in [0.1, 0.15) is 16.8 Å². The highest BCUT2D eigenvalue weighted by Gasteiger charge is 2.16. The topological polar surface area (TPSA) is 35.4 Å². The molecule has 4 nitrogen and oxygen atoms in total. The first-order valence-corrected chi connectivity index (χ1v) is 11.7. The van der Waals surface area contributed by atoms with Crippen molar-refractivity contribution in [2.24, 2.45) is 0 Å². The maximum absolute atomic E-state index is 6.25. The Labute approximate surface area is 200 Å². The molecule has 4 aromatic heterocycles. The van der Waals surface area contributed by atoms with Gasteiger partial charge in [-0.2, -0.15) is 0 Å². The van der Waals surface area contributed by atoms with Crippen LogP contribution in [0.15, 0.2) is 120 Å². The standard InChI is InChI=1S/C31H19N3O/c1-3-12-27-22(10-1)24-17-25-23-11-2-4-13-29(23)35-30(25)18-28(24)34(27)21-9-7-8-20(16-21)26-19-33-15-6-5-14-31(33)32-26/h1-19H. The van der Waals surface area contributed by atoms with Gasteiger partial charge in [-0.05, 0) is 42.5 Å². The average molecular weight is 450 g/mol. The van der Waals surface area contributed by atoms with E-state index in [2.05, 4.69) is 88.0 Å². The second-order valence-electron chi connectivity index (χ2n) is 8.96. The number of pyridine rings is 1. The van der Waals surface area contributed by atoms with Gasteiger partial charge in [-0.3, -0.25) is 0 Å². The third-order valence-electron chi connectivity index (χ3n) is 6.94. The van der Waals surface area contributed by atoms with E-state index in [9.17, 15) is 0 Å². The van der Waals surface area contributed by atoms with Gasteiger partial charge < -0.3 is 13.4 Å². The van der Waals surface area contributed by atoms with Gasteiger partial charge in [-0.25, -0.2) is 4.98 Å². The highest BCUT2D eigenvalue weighted by molar-refractivity contribution is 6.17. The number of aromatic nitrogens is 3. The van der Waals surface area contributed by atoms with E-state index >= 15 is 0 Å². The lowest BCUT2D eigenvalue weighted by Gasteiger charge is -2.09. The van der Waals surface area contributed by atoms with Crippen LogP contribution in [-0.2, 0) is 0 Å². The van der Waals surface area contributed by atoms with Gasteiger partial charge in [0.05, 0.1) is 16.7 Å². The third kappa shape index (κ3) is 2.65. The van der Waals surface area contributed by atoms with E-state index in [1.807, 2.05) is 36.5 Å². The van der Waals surface area contributed by atoms with Gasteiger partial charge in [-0.15, -0.1) is 0 Å². The molecule has 164 valence electrons. The number of hydrogen-bond donors (Lipinski definition) is 0. The van der Waals surface area contributed by atoms with Crippen LogP contribution < -0.4 is 0 Å². The van der Waals surface area contributed by atoms with Crippen LogP contribution in [0.2, 0.25) is 0 Å². The van der Waals surface area contributed by atoms with Crippen molar-refractivity contribution in [1.29, 1.82) is 0 Å². The minimum absolute atomic E-state index is 0.902. The summed E-state index contributed by atoms with van der Waals surface area (Å²) in [7, 11) is 0. The molecule has 4 heteroatoms. The number of fused-ring (bicyclic) bond motifs is 7. The molecule has 4 aromatic carbocycles. The smallest absolute Gasteiger partial charge is 0.137 e. The quantitative estimate of drug-likeness (QED) is 0.268. The number of nitrogens with zero attached hydrogens (tertiary/aromatic N) is 3. The maximum Gasteiger partial charge on any atom is 0.137 e. The Morgan fingerprint density at radius 3 is 2.40 bits per heavy atom. The summed E-state index contributed by atoms with van der Waals surface area (Å²) >= 11 is 0. The van der Waals surface area contributed by atoms with Crippen molar-refractivity contribution in [2.45, 2.75) is 0 Å². The third-order valence-corrected chi connectivity index (χ3v) is 6.94. The fourth-order valence-electron chi connectivity index (χ4n) is 5.34. The fourth-order valence-corrected chi connectivity index (χ4v) is 5.34. The van der Waals surface area contributed by atoms with Crippen molar-refractivity contribution in [3.8, 4) is 16.9 Å². The number of para-hydroxylation sites is 2. The van der Waals surface area contributed by atoms with Crippen LogP contribution in [0.25, 0.3) is 66.3 Å². The molecule has 0 amide bonds. The summed E-state index contributed by atoms with van der Waals surface area (Å²) in [6, 6.07) is 36.0. The molecule has 0 spiro atoms. The van der Waals surface area contributed by atoms with Gasteiger partial charge in [0.25, 0.3) is 0 Å². The molecule has 0 aliphatic heterocycles. The number of furan rings is 1. The van der Waals surface area contributed by atoms with Crippen LogP contribution in [0.5, 0.6) is 0 Å². The van der Waals surface area contributed by atoms with Crippen LogP contribution >= 0.6 is 0 Å². The monoisotopic (exact) mass is 449 g/mol. The first-order chi connectivity index (χ1) is 17.3. The molecular formula is C31H19N3O. The number of rotatable bonds is 2. The molecule has 4 heterocycles. The zero-order valence-corrected chi connectivity index (χ0v) is 18.7.